The lowest BCUT2D eigenvalue weighted by atomic mass is 9.86. The van der Waals surface area contributed by atoms with Gasteiger partial charge in [-0.05, 0) is 44.2 Å². The second-order valence-electron chi connectivity index (χ2n) is 5.12. The van der Waals surface area contributed by atoms with E-state index in [1.54, 1.807) is 32.0 Å². The summed E-state index contributed by atoms with van der Waals surface area (Å²) in [5, 5.41) is 9.11. The van der Waals surface area contributed by atoms with Gasteiger partial charge in [0.2, 0.25) is 0 Å². The number of sulfone groups is 1. The number of aliphatic carboxylic acids is 1. The van der Waals surface area contributed by atoms with Gasteiger partial charge in [-0.25, -0.2) is 8.42 Å². The molecule has 0 atom stereocenters. The van der Waals surface area contributed by atoms with Crippen molar-refractivity contribution in [1.29, 1.82) is 0 Å². The van der Waals surface area contributed by atoms with Gasteiger partial charge in [-0.15, -0.1) is 11.8 Å². The van der Waals surface area contributed by atoms with Crippen molar-refractivity contribution in [3.05, 3.63) is 23.8 Å². The third kappa shape index (κ3) is 3.98. The molecule has 0 fully saturated rings. The SMILES string of the molecule is CSc1ccc(CC(C)(C)C(=O)O)cc1S(C)(=O)=O. The van der Waals surface area contributed by atoms with E-state index in [0.29, 0.717) is 16.9 Å². The maximum absolute atomic E-state index is 11.7. The zero-order valence-electron chi connectivity index (χ0n) is 11.4. The van der Waals surface area contributed by atoms with Crippen molar-refractivity contribution in [2.45, 2.75) is 30.1 Å². The van der Waals surface area contributed by atoms with Crippen LogP contribution in [0.5, 0.6) is 0 Å². The highest BCUT2D eigenvalue weighted by atomic mass is 32.2. The molecule has 0 heterocycles. The minimum absolute atomic E-state index is 0.263. The van der Waals surface area contributed by atoms with Crippen molar-refractivity contribution >= 4 is 27.6 Å². The second-order valence-corrected chi connectivity index (χ2v) is 7.96. The summed E-state index contributed by atoms with van der Waals surface area (Å²) in [6, 6.07) is 5.09. The summed E-state index contributed by atoms with van der Waals surface area (Å²) in [5.41, 5.74) is -0.207. The summed E-state index contributed by atoms with van der Waals surface area (Å²) in [6.45, 7) is 3.25. The molecule has 4 nitrogen and oxygen atoms in total. The zero-order valence-corrected chi connectivity index (χ0v) is 13.1. The standard InChI is InChI=1S/C13H18O4S2/c1-13(2,12(14)15)8-9-5-6-10(18-3)11(7-9)19(4,16)17/h5-7H,8H2,1-4H3,(H,14,15). The Labute approximate surface area is 118 Å². The Morgan fingerprint density at radius 1 is 1.37 bits per heavy atom. The lowest BCUT2D eigenvalue weighted by Gasteiger charge is -2.19. The fraction of sp³-hybridized carbons (Fsp3) is 0.462. The van der Waals surface area contributed by atoms with E-state index in [9.17, 15) is 13.2 Å². The van der Waals surface area contributed by atoms with Gasteiger partial charge in [-0.1, -0.05) is 6.07 Å². The van der Waals surface area contributed by atoms with Gasteiger partial charge in [0.05, 0.1) is 10.3 Å². The molecule has 6 heteroatoms. The number of carboxylic acid groups (broad SMARTS) is 1. The fourth-order valence-corrected chi connectivity index (χ4v) is 3.67. The van der Waals surface area contributed by atoms with Crippen molar-refractivity contribution < 1.29 is 18.3 Å². The number of thioether (sulfide) groups is 1. The Bertz CT molecular complexity index is 589. The molecule has 1 aromatic carbocycles. The summed E-state index contributed by atoms with van der Waals surface area (Å²) < 4.78 is 23.5. The van der Waals surface area contributed by atoms with Crippen molar-refractivity contribution in [2.75, 3.05) is 12.5 Å². The molecule has 0 aliphatic carbocycles. The molecule has 0 unspecified atom stereocenters. The summed E-state index contributed by atoms with van der Waals surface area (Å²) >= 11 is 1.36. The van der Waals surface area contributed by atoms with Crippen LogP contribution in [0.1, 0.15) is 19.4 Å². The average Bonchev–Trinajstić information content (AvgIpc) is 2.27. The molecule has 0 aliphatic rings. The number of carboxylic acids is 1. The van der Waals surface area contributed by atoms with E-state index in [-0.39, 0.29) is 4.90 Å². The van der Waals surface area contributed by atoms with E-state index in [1.807, 2.05) is 6.26 Å². The maximum Gasteiger partial charge on any atom is 0.309 e. The van der Waals surface area contributed by atoms with Crippen LogP contribution < -0.4 is 0 Å². The molecule has 0 saturated heterocycles. The molecular weight excluding hydrogens is 284 g/mol. The van der Waals surface area contributed by atoms with Crippen molar-refractivity contribution in [2.24, 2.45) is 5.41 Å². The zero-order chi connectivity index (χ0) is 14.8. The van der Waals surface area contributed by atoms with Gasteiger partial charge in [0.15, 0.2) is 9.84 Å². The van der Waals surface area contributed by atoms with E-state index in [2.05, 4.69) is 0 Å². The third-order valence-corrected chi connectivity index (χ3v) is 4.91. The van der Waals surface area contributed by atoms with Crippen molar-refractivity contribution in [3.8, 4) is 0 Å². The van der Waals surface area contributed by atoms with Crippen LogP contribution >= 0.6 is 11.8 Å². The van der Waals surface area contributed by atoms with Crippen LogP contribution in [-0.2, 0) is 21.1 Å². The summed E-state index contributed by atoms with van der Waals surface area (Å²) in [5.74, 6) is -0.901. The number of rotatable bonds is 5. The number of hydrogen-bond acceptors (Lipinski definition) is 4. The van der Waals surface area contributed by atoms with Gasteiger partial charge >= 0.3 is 5.97 Å². The highest BCUT2D eigenvalue weighted by molar-refractivity contribution is 7.99. The van der Waals surface area contributed by atoms with Gasteiger partial charge in [0.25, 0.3) is 0 Å². The van der Waals surface area contributed by atoms with E-state index in [1.165, 1.54) is 11.8 Å². The monoisotopic (exact) mass is 302 g/mol. The van der Waals surface area contributed by atoms with E-state index >= 15 is 0 Å². The van der Waals surface area contributed by atoms with Crippen LogP contribution in [0.15, 0.2) is 28.0 Å². The lowest BCUT2D eigenvalue weighted by molar-refractivity contribution is -0.146. The maximum atomic E-state index is 11.7. The fourth-order valence-electron chi connectivity index (χ4n) is 1.71. The molecule has 0 aromatic heterocycles. The Balaban J connectivity index is 3.24. The van der Waals surface area contributed by atoms with Crippen LogP contribution in [0.25, 0.3) is 0 Å². The summed E-state index contributed by atoms with van der Waals surface area (Å²) in [7, 11) is -3.31. The third-order valence-electron chi connectivity index (χ3n) is 2.85. The molecule has 0 aliphatic heterocycles. The molecule has 1 rings (SSSR count). The van der Waals surface area contributed by atoms with Crippen LogP contribution in [0.2, 0.25) is 0 Å². The molecule has 0 spiro atoms. The lowest BCUT2D eigenvalue weighted by Crippen LogP contribution is -2.26. The average molecular weight is 302 g/mol. The van der Waals surface area contributed by atoms with Crippen LogP contribution in [0.4, 0.5) is 0 Å². The van der Waals surface area contributed by atoms with E-state index in [0.717, 1.165) is 6.26 Å². The smallest absolute Gasteiger partial charge is 0.309 e. The van der Waals surface area contributed by atoms with Gasteiger partial charge in [-0.2, -0.15) is 0 Å². The number of carbonyl (C=O) groups is 1. The molecule has 106 valence electrons. The van der Waals surface area contributed by atoms with E-state index in [4.69, 9.17) is 5.11 Å². The normalized spacial score (nSPS) is 12.4. The van der Waals surface area contributed by atoms with Gasteiger partial charge in [-0.3, -0.25) is 4.79 Å². The van der Waals surface area contributed by atoms with Crippen LogP contribution in [0, 0.1) is 5.41 Å². The molecule has 0 bridgehead atoms. The first-order valence-electron chi connectivity index (χ1n) is 5.68. The number of hydrogen-bond donors (Lipinski definition) is 1. The molecule has 0 saturated carbocycles. The van der Waals surface area contributed by atoms with Gasteiger partial charge in [0, 0.05) is 11.2 Å². The van der Waals surface area contributed by atoms with Crippen LogP contribution in [0.3, 0.4) is 0 Å². The minimum atomic E-state index is -3.31. The molecule has 1 aromatic rings. The number of benzene rings is 1. The predicted molar refractivity (Wildman–Crippen MR) is 76.5 cm³/mol. The first-order valence-corrected chi connectivity index (χ1v) is 8.80. The summed E-state index contributed by atoms with van der Waals surface area (Å²) in [4.78, 5) is 12.1. The quantitative estimate of drug-likeness (QED) is 0.846. The van der Waals surface area contributed by atoms with Crippen molar-refractivity contribution in [3.63, 3.8) is 0 Å². The molecule has 0 amide bonds. The van der Waals surface area contributed by atoms with Gasteiger partial charge in [0.1, 0.15) is 0 Å². The molecule has 19 heavy (non-hydrogen) atoms. The summed E-state index contributed by atoms with van der Waals surface area (Å²) in [6.07, 6.45) is 3.26. The molecule has 1 N–H and O–H groups in total. The highest BCUT2D eigenvalue weighted by Gasteiger charge is 2.28. The topological polar surface area (TPSA) is 71.4 Å². The first-order chi connectivity index (χ1) is 8.58. The Kier molecular flexibility index (Phi) is 4.68. The Hall–Kier alpha value is -1.01. The Morgan fingerprint density at radius 3 is 2.37 bits per heavy atom. The molecule has 0 radical (unpaired) electrons. The highest BCUT2D eigenvalue weighted by Crippen LogP contribution is 2.29. The first kappa shape index (κ1) is 16.0. The van der Waals surface area contributed by atoms with Gasteiger partial charge < -0.3 is 5.11 Å². The van der Waals surface area contributed by atoms with Crippen LogP contribution in [-0.4, -0.2) is 32.0 Å². The largest absolute Gasteiger partial charge is 0.481 e. The molecular formula is C13H18O4S2. The van der Waals surface area contributed by atoms with E-state index < -0.39 is 21.2 Å². The Morgan fingerprint density at radius 2 is 1.95 bits per heavy atom. The second kappa shape index (κ2) is 5.54. The van der Waals surface area contributed by atoms with Crippen molar-refractivity contribution in [1.82, 2.24) is 0 Å². The predicted octanol–water partition coefficient (Wildman–Crippen LogP) is 2.47. The minimum Gasteiger partial charge on any atom is -0.481 e.